The fourth-order valence-electron chi connectivity index (χ4n) is 2.87. The number of aromatic hydroxyl groups is 1. The zero-order valence-corrected chi connectivity index (χ0v) is 14.0. The highest BCUT2D eigenvalue weighted by Gasteiger charge is 2.22. The molecule has 1 N–H and O–H groups in total. The Morgan fingerprint density at radius 2 is 1.96 bits per heavy atom. The van der Waals surface area contributed by atoms with Gasteiger partial charge in [-0.15, -0.1) is 0 Å². The monoisotopic (exact) mass is 321 g/mol. The molecule has 0 saturated heterocycles. The van der Waals surface area contributed by atoms with Gasteiger partial charge in [0.25, 0.3) is 5.91 Å². The van der Waals surface area contributed by atoms with Gasteiger partial charge in [-0.25, -0.2) is 0 Å². The van der Waals surface area contributed by atoms with Crippen LogP contribution < -0.4 is 4.90 Å². The number of carbonyl (C=O) groups is 1. The number of phenols is 1. The highest BCUT2D eigenvalue weighted by molar-refractivity contribution is 6.14. The molecule has 3 rings (SSSR count). The molecule has 1 amide bonds. The number of aryl methyl sites for hydroxylation is 1. The van der Waals surface area contributed by atoms with Gasteiger partial charge in [0.1, 0.15) is 5.75 Å². The van der Waals surface area contributed by atoms with E-state index in [0.29, 0.717) is 12.1 Å². The number of nitrogens with zero attached hydrogens (tertiary/aromatic N) is 2. The Balaban J connectivity index is 2.06. The molecular weight excluding hydrogens is 300 g/mol. The van der Waals surface area contributed by atoms with Crippen LogP contribution in [0.3, 0.4) is 0 Å². The highest BCUT2D eigenvalue weighted by atomic mass is 16.3. The molecular formula is C20H21N2O2. The third-order valence-corrected chi connectivity index (χ3v) is 4.15. The lowest BCUT2D eigenvalue weighted by atomic mass is 10.1. The largest absolute Gasteiger partial charge is 0.508 e. The van der Waals surface area contributed by atoms with Crippen molar-refractivity contribution in [3.05, 3.63) is 60.3 Å². The van der Waals surface area contributed by atoms with Crippen molar-refractivity contribution < 1.29 is 9.90 Å². The zero-order valence-electron chi connectivity index (χ0n) is 14.0. The first-order chi connectivity index (χ1) is 11.6. The average Bonchev–Trinajstić information content (AvgIpc) is 2.92. The van der Waals surface area contributed by atoms with Crippen molar-refractivity contribution in [2.24, 2.45) is 7.05 Å². The van der Waals surface area contributed by atoms with Crippen LogP contribution in [0.5, 0.6) is 5.75 Å². The van der Waals surface area contributed by atoms with E-state index in [1.165, 1.54) is 0 Å². The topological polar surface area (TPSA) is 45.5 Å². The van der Waals surface area contributed by atoms with Crippen LogP contribution in [0, 0.1) is 6.20 Å². The summed E-state index contributed by atoms with van der Waals surface area (Å²) < 4.78 is 1.80. The summed E-state index contributed by atoms with van der Waals surface area (Å²) in [4.78, 5) is 15.0. The summed E-state index contributed by atoms with van der Waals surface area (Å²) in [6.45, 7) is 2.76. The van der Waals surface area contributed by atoms with Gasteiger partial charge in [-0.1, -0.05) is 31.5 Å². The Kier molecular flexibility index (Phi) is 4.56. The summed E-state index contributed by atoms with van der Waals surface area (Å²) in [7, 11) is 1.86. The second-order valence-corrected chi connectivity index (χ2v) is 5.89. The molecule has 2 aromatic carbocycles. The predicted molar refractivity (Wildman–Crippen MR) is 96.4 cm³/mol. The summed E-state index contributed by atoms with van der Waals surface area (Å²) in [6.07, 6.45) is 5.06. The average molecular weight is 321 g/mol. The number of phenolic OH excluding ortho intramolecular Hbond substituents is 1. The molecule has 3 aromatic rings. The van der Waals surface area contributed by atoms with Crippen LogP contribution in [0.25, 0.3) is 10.9 Å². The lowest BCUT2D eigenvalue weighted by Gasteiger charge is -2.22. The number of aromatic nitrogens is 1. The number of unbranched alkanes of at least 4 members (excludes halogenated alkanes) is 1. The van der Waals surface area contributed by atoms with Gasteiger partial charge >= 0.3 is 0 Å². The number of hydrogen-bond acceptors (Lipinski definition) is 2. The molecule has 0 atom stereocenters. The van der Waals surface area contributed by atoms with Crippen LogP contribution in [0.2, 0.25) is 0 Å². The lowest BCUT2D eigenvalue weighted by molar-refractivity contribution is 0.0987. The number of hydrogen-bond donors (Lipinski definition) is 1. The third-order valence-electron chi connectivity index (χ3n) is 4.15. The van der Waals surface area contributed by atoms with Crippen molar-refractivity contribution in [1.29, 1.82) is 0 Å². The van der Waals surface area contributed by atoms with Crippen LogP contribution in [0.1, 0.15) is 30.1 Å². The summed E-state index contributed by atoms with van der Waals surface area (Å²) in [5.74, 6) is 0.0572. The number of para-hydroxylation sites is 1. The fourth-order valence-corrected chi connectivity index (χ4v) is 2.87. The van der Waals surface area contributed by atoms with Crippen molar-refractivity contribution in [3.63, 3.8) is 0 Å². The summed E-state index contributed by atoms with van der Waals surface area (Å²) in [5.41, 5.74) is 2.24. The van der Waals surface area contributed by atoms with Crippen LogP contribution >= 0.6 is 0 Å². The molecule has 0 spiro atoms. The van der Waals surface area contributed by atoms with E-state index in [4.69, 9.17) is 0 Å². The minimum atomic E-state index is -0.0918. The first-order valence-corrected chi connectivity index (χ1v) is 8.19. The summed E-state index contributed by atoms with van der Waals surface area (Å²) in [5, 5.41) is 10.5. The maximum Gasteiger partial charge on any atom is 0.261 e. The van der Waals surface area contributed by atoms with E-state index in [-0.39, 0.29) is 11.7 Å². The van der Waals surface area contributed by atoms with Gasteiger partial charge in [0, 0.05) is 30.2 Å². The van der Waals surface area contributed by atoms with Crippen LogP contribution in [0.4, 0.5) is 5.69 Å². The van der Waals surface area contributed by atoms with Crippen molar-refractivity contribution >= 4 is 22.5 Å². The molecule has 0 aliphatic rings. The van der Waals surface area contributed by atoms with Gasteiger partial charge in [-0.2, -0.15) is 0 Å². The Morgan fingerprint density at radius 3 is 2.67 bits per heavy atom. The molecule has 1 radical (unpaired) electrons. The fraction of sp³-hybridized carbons (Fsp3) is 0.250. The van der Waals surface area contributed by atoms with Crippen molar-refractivity contribution in [2.45, 2.75) is 19.8 Å². The molecule has 1 heterocycles. The molecule has 1 aromatic heterocycles. The molecule has 0 unspecified atom stereocenters. The normalized spacial score (nSPS) is 10.9. The van der Waals surface area contributed by atoms with Crippen LogP contribution in [-0.2, 0) is 7.05 Å². The van der Waals surface area contributed by atoms with Crippen LogP contribution in [-0.4, -0.2) is 22.1 Å². The van der Waals surface area contributed by atoms with Crippen LogP contribution in [0.15, 0.2) is 48.5 Å². The molecule has 0 saturated carbocycles. The highest BCUT2D eigenvalue weighted by Crippen LogP contribution is 2.27. The van der Waals surface area contributed by atoms with E-state index in [9.17, 15) is 9.90 Å². The van der Waals surface area contributed by atoms with E-state index in [1.54, 1.807) is 27.7 Å². The molecule has 0 fully saturated rings. The van der Waals surface area contributed by atoms with Gasteiger partial charge in [0.05, 0.1) is 11.8 Å². The van der Waals surface area contributed by atoms with Gasteiger partial charge < -0.3 is 14.6 Å². The SMILES string of the molecule is CCCCN(C(=O)c1[c]n(C)c2ccc(O)cc12)c1ccccc1. The number of anilines is 1. The molecule has 4 heteroatoms. The van der Waals surface area contributed by atoms with Gasteiger partial charge in [0.2, 0.25) is 0 Å². The number of rotatable bonds is 5. The van der Waals surface area contributed by atoms with Gasteiger partial charge in [0.15, 0.2) is 0 Å². The lowest BCUT2D eigenvalue weighted by Crippen LogP contribution is -2.31. The minimum Gasteiger partial charge on any atom is -0.508 e. The number of fused-ring (bicyclic) bond motifs is 1. The Bertz CT molecular complexity index is 853. The quantitative estimate of drug-likeness (QED) is 0.768. The zero-order chi connectivity index (χ0) is 17.1. The van der Waals surface area contributed by atoms with E-state index < -0.39 is 0 Å². The van der Waals surface area contributed by atoms with E-state index in [1.807, 2.05) is 37.4 Å². The molecule has 24 heavy (non-hydrogen) atoms. The number of benzene rings is 2. The number of carbonyl (C=O) groups excluding carboxylic acids is 1. The molecule has 0 aliphatic heterocycles. The van der Waals surface area contributed by atoms with Crippen molar-refractivity contribution in [2.75, 3.05) is 11.4 Å². The molecule has 0 aliphatic carbocycles. The second-order valence-electron chi connectivity index (χ2n) is 5.89. The smallest absolute Gasteiger partial charge is 0.261 e. The second kappa shape index (κ2) is 6.79. The van der Waals surface area contributed by atoms with Gasteiger partial charge in [-0.3, -0.25) is 4.79 Å². The summed E-state index contributed by atoms with van der Waals surface area (Å²) in [6, 6.07) is 14.7. The van der Waals surface area contributed by atoms with E-state index in [0.717, 1.165) is 29.4 Å². The maximum atomic E-state index is 13.2. The maximum absolute atomic E-state index is 13.2. The predicted octanol–water partition coefficient (Wildman–Crippen LogP) is 4.13. The molecule has 123 valence electrons. The van der Waals surface area contributed by atoms with Gasteiger partial charge in [-0.05, 0) is 36.8 Å². The minimum absolute atomic E-state index is 0.0918. The van der Waals surface area contributed by atoms with Crippen molar-refractivity contribution in [3.8, 4) is 5.75 Å². The Hall–Kier alpha value is -2.75. The number of amides is 1. The molecule has 4 nitrogen and oxygen atoms in total. The van der Waals surface area contributed by atoms with E-state index in [2.05, 4.69) is 13.1 Å². The first kappa shape index (κ1) is 16.1. The first-order valence-electron chi connectivity index (χ1n) is 8.19. The van der Waals surface area contributed by atoms with Crippen molar-refractivity contribution in [1.82, 2.24) is 4.57 Å². The van der Waals surface area contributed by atoms with E-state index >= 15 is 0 Å². The third kappa shape index (κ3) is 3.00. The molecule has 0 bridgehead atoms. The Labute approximate surface area is 141 Å². The standard InChI is InChI=1S/C20H21N2O2/c1-3-4-12-22(15-8-6-5-7-9-15)20(24)18-14-21(2)19-11-10-16(23)13-17(18)19/h5-11,13,23H,3-4,12H2,1-2H3. The Morgan fingerprint density at radius 1 is 1.21 bits per heavy atom. The summed E-state index contributed by atoms with van der Waals surface area (Å²) >= 11 is 0.